The number of nitrogens with zero attached hydrogens (tertiary/aromatic N) is 1. The number of fused-ring (bicyclic) bond motifs is 2. The van der Waals surface area contributed by atoms with Crippen molar-refractivity contribution < 1.29 is 18.7 Å². The third-order valence-electron chi connectivity index (χ3n) is 5.75. The topological polar surface area (TPSA) is 81.4 Å². The summed E-state index contributed by atoms with van der Waals surface area (Å²) in [6, 6.07) is 23.1. The molecule has 1 amide bonds. The molecule has 1 N–H and O–H groups in total. The Labute approximate surface area is 216 Å². The maximum absolute atomic E-state index is 13.3. The van der Waals surface area contributed by atoms with Crippen molar-refractivity contribution >= 4 is 62.6 Å². The molecule has 6 nitrogen and oxygen atoms in total. The summed E-state index contributed by atoms with van der Waals surface area (Å²) in [6.45, 7) is 1.76. The summed E-state index contributed by atoms with van der Waals surface area (Å²) < 4.78 is 11.6. The molecular weight excluding hydrogens is 499 g/mol. The van der Waals surface area contributed by atoms with Gasteiger partial charge in [-0.25, -0.2) is 9.78 Å². The SMILES string of the molecule is CCC(OC(=O)c1cccc2cccc(-c3nc4ccccc4o3)c12)C(=O)Nc1ccc(Cl)c(Cl)c1. The highest BCUT2D eigenvalue weighted by Crippen LogP contribution is 2.33. The van der Waals surface area contributed by atoms with Crippen molar-refractivity contribution in [2.75, 3.05) is 5.32 Å². The standard InChI is InChI=1S/C28H20Cl2N2O4/c1-2-23(26(33)31-17-13-14-20(29)21(30)15-17)36-28(34)19-10-6-8-16-7-5-9-18(25(16)19)27-32-22-11-3-4-12-24(22)35-27/h3-15,23H,2H2,1H3,(H,31,33). The first-order valence-corrected chi connectivity index (χ1v) is 12.0. The molecule has 5 rings (SSSR count). The van der Waals surface area contributed by atoms with Crippen LogP contribution in [0, 0.1) is 0 Å². The van der Waals surface area contributed by atoms with E-state index in [1.54, 1.807) is 31.2 Å². The Kier molecular flexibility index (Phi) is 6.63. The number of anilines is 1. The number of hydrogen-bond donors (Lipinski definition) is 1. The van der Waals surface area contributed by atoms with Crippen LogP contribution in [-0.4, -0.2) is 23.0 Å². The number of para-hydroxylation sites is 2. The molecule has 1 aromatic heterocycles. The Balaban J connectivity index is 1.46. The summed E-state index contributed by atoms with van der Waals surface area (Å²) in [5, 5.41) is 4.86. The minimum atomic E-state index is -1.02. The van der Waals surface area contributed by atoms with Gasteiger partial charge in [0.15, 0.2) is 11.7 Å². The van der Waals surface area contributed by atoms with Crippen LogP contribution in [0.4, 0.5) is 5.69 Å². The Morgan fingerprint density at radius 3 is 2.50 bits per heavy atom. The molecule has 0 bridgehead atoms. The molecule has 0 radical (unpaired) electrons. The Morgan fingerprint density at radius 2 is 1.75 bits per heavy atom. The number of carbonyl (C=O) groups excluding carboxylic acids is 2. The van der Waals surface area contributed by atoms with E-state index in [9.17, 15) is 9.59 Å². The second kappa shape index (κ2) is 10.0. The molecule has 0 aliphatic carbocycles. The molecule has 0 aliphatic heterocycles. The second-order valence-corrected chi connectivity index (χ2v) is 8.93. The molecule has 1 unspecified atom stereocenters. The van der Waals surface area contributed by atoms with Crippen LogP contribution < -0.4 is 5.32 Å². The smallest absolute Gasteiger partial charge is 0.339 e. The zero-order valence-corrected chi connectivity index (χ0v) is 20.6. The molecule has 0 fully saturated rings. The zero-order chi connectivity index (χ0) is 25.2. The van der Waals surface area contributed by atoms with Gasteiger partial charge in [-0.15, -0.1) is 0 Å². The predicted molar refractivity (Wildman–Crippen MR) is 142 cm³/mol. The minimum Gasteiger partial charge on any atom is -0.449 e. The van der Waals surface area contributed by atoms with Crippen LogP contribution in [-0.2, 0) is 9.53 Å². The molecule has 0 saturated carbocycles. The molecule has 0 spiro atoms. The van der Waals surface area contributed by atoms with Gasteiger partial charge >= 0.3 is 5.97 Å². The first kappa shape index (κ1) is 23.9. The number of amides is 1. The molecule has 4 aromatic carbocycles. The van der Waals surface area contributed by atoms with Crippen LogP contribution in [0.5, 0.6) is 0 Å². The van der Waals surface area contributed by atoms with Crippen molar-refractivity contribution in [3.05, 3.63) is 94.5 Å². The van der Waals surface area contributed by atoms with Gasteiger partial charge in [-0.2, -0.15) is 0 Å². The lowest BCUT2D eigenvalue weighted by Gasteiger charge is -2.17. The lowest BCUT2D eigenvalue weighted by molar-refractivity contribution is -0.124. The average molecular weight is 519 g/mol. The highest BCUT2D eigenvalue weighted by Gasteiger charge is 2.25. The molecule has 36 heavy (non-hydrogen) atoms. The fourth-order valence-electron chi connectivity index (χ4n) is 3.99. The summed E-state index contributed by atoms with van der Waals surface area (Å²) in [5.41, 5.74) is 2.78. The van der Waals surface area contributed by atoms with E-state index in [-0.39, 0.29) is 6.42 Å². The molecule has 0 aliphatic rings. The highest BCUT2D eigenvalue weighted by atomic mass is 35.5. The second-order valence-electron chi connectivity index (χ2n) is 8.12. The van der Waals surface area contributed by atoms with E-state index < -0.39 is 18.0 Å². The van der Waals surface area contributed by atoms with Gasteiger partial charge in [-0.1, -0.05) is 66.5 Å². The molecule has 1 atom stereocenters. The Bertz CT molecular complexity index is 1570. The quantitative estimate of drug-likeness (QED) is 0.235. The van der Waals surface area contributed by atoms with E-state index in [0.29, 0.717) is 43.7 Å². The van der Waals surface area contributed by atoms with Crippen LogP contribution in [0.15, 0.2) is 83.3 Å². The van der Waals surface area contributed by atoms with Crippen molar-refractivity contribution in [3.63, 3.8) is 0 Å². The molecule has 180 valence electrons. The number of hydrogen-bond acceptors (Lipinski definition) is 5. The summed E-state index contributed by atoms with van der Waals surface area (Å²) in [7, 11) is 0. The summed E-state index contributed by atoms with van der Waals surface area (Å²) >= 11 is 12.0. The predicted octanol–water partition coefficient (Wildman–Crippen LogP) is 7.53. The number of rotatable bonds is 6. The van der Waals surface area contributed by atoms with E-state index in [1.807, 2.05) is 48.5 Å². The molecule has 1 heterocycles. The number of aromatic nitrogens is 1. The summed E-state index contributed by atoms with van der Waals surface area (Å²) in [4.78, 5) is 30.8. The molecular formula is C28H20Cl2N2O4. The first-order valence-electron chi connectivity index (χ1n) is 11.3. The number of esters is 1. The third kappa shape index (κ3) is 4.65. The van der Waals surface area contributed by atoms with Gasteiger partial charge in [-0.3, -0.25) is 4.79 Å². The highest BCUT2D eigenvalue weighted by molar-refractivity contribution is 6.42. The average Bonchev–Trinajstić information content (AvgIpc) is 3.32. The number of ether oxygens (including phenoxy) is 1. The van der Waals surface area contributed by atoms with E-state index in [1.165, 1.54) is 6.07 Å². The van der Waals surface area contributed by atoms with Crippen molar-refractivity contribution in [1.29, 1.82) is 0 Å². The Morgan fingerprint density at radius 1 is 0.972 bits per heavy atom. The van der Waals surface area contributed by atoms with Crippen LogP contribution in [0.25, 0.3) is 33.3 Å². The normalized spacial score (nSPS) is 12.0. The number of halogens is 2. The fourth-order valence-corrected chi connectivity index (χ4v) is 4.29. The number of benzene rings is 4. The summed E-state index contributed by atoms with van der Waals surface area (Å²) in [6.07, 6.45) is -0.736. The lowest BCUT2D eigenvalue weighted by atomic mass is 9.99. The monoisotopic (exact) mass is 518 g/mol. The van der Waals surface area contributed by atoms with E-state index in [2.05, 4.69) is 10.3 Å². The van der Waals surface area contributed by atoms with Gasteiger partial charge in [0, 0.05) is 16.6 Å². The van der Waals surface area contributed by atoms with Crippen LogP contribution in [0.3, 0.4) is 0 Å². The van der Waals surface area contributed by atoms with E-state index in [0.717, 1.165) is 10.9 Å². The maximum Gasteiger partial charge on any atom is 0.339 e. The number of nitrogens with one attached hydrogen (secondary N) is 1. The maximum atomic E-state index is 13.3. The van der Waals surface area contributed by atoms with E-state index >= 15 is 0 Å². The van der Waals surface area contributed by atoms with E-state index in [4.69, 9.17) is 32.4 Å². The lowest BCUT2D eigenvalue weighted by Crippen LogP contribution is -2.32. The molecule has 8 heteroatoms. The number of oxazole rings is 1. The molecule has 0 saturated heterocycles. The van der Waals surface area contributed by atoms with Crippen molar-refractivity contribution in [2.45, 2.75) is 19.4 Å². The van der Waals surface area contributed by atoms with Crippen molar-refractivity contribution in [2.24, 2.45) is 0 Å². The van der Waals surface area contributed by atoms with Gasteiger partial charge < -0.3 is 14.5 Å². The largest absolute Gasteiger partial charge is 0.449 e. The first-order chi connectivity index (χ1) is 17.4. The fraction of sp³-hybridized carbons (Fsp3) is 0.107. The van der Waals surface area contributed by atoms with Gasteiger partial charge in [-0.05, 0) is 54.3 Å². The van der Waals surface area contributed by atoms with Gasteiger partial charge in [0.2, 0.25) is 5.89 Å². The van der Waals surface area contributed by atoms with Crippen LogP contribution in [0.2, 0.25) is 10.0 Å². The van der Waals surface area contributed by atoms with Gasteiger partial charge in [0.25, 0.3) is 5.91 Å². The minimum absolute atomic E-state index is 0.279. The zero-order valence-electron chi connectivity index (χ0n) is 19.1. The van der Waals surface area contributed by atoms with Crippen LogP contribution >= 0.6 is 23.2 Å². The Hall–Kier alpha value is -3.87. The van der Waals surface area contributed by atoms with Crippen molar-refractivity contribution in [3.8, 4) is 11.5 Å². The van der Waals surface area contributed by atoms with Gasteiger partial charge in [0.05, 0.1) is 15.6 Å². The molecule has 5 aromatic rings. The van der Waals surface area contributed by atoms with Gasteiger partial charge in [0.1, 0.15) is 5.52 Å². The van der Waals surface area contributed by atoms with Crippen LogP contribution in [0.1, 0.15) is 23.7 Å². The summed E-state index contributed by atoms with van der Waals surface area (Å²) in [5.74, 6) is -0.699. The van der Waals surface area contributed by atoms with Crippen molar-refractivity contribution in [1.82, 2.24) is 4.98 Å². The number of carbonyl (C=O) groups is 2. The third-order valence-corrected chi connectivity index (χ3v) is 6.49.